The predicted molar refractivity (Wildman–Crippen MR) is 77.6 cm³/mol. The van der Waals surface area contributed by atoms with Crippen LogP contribution in [0.3, 0.4) is 0 Å². The van der Waals surface area contributed by atoms with Crippen LogP contribution < -0.4 is 9.88 Å². The van der Waals surface area contributed by atoms with Gasteiger partial charge in [-0.1, -0.05) is 22.9 Å². The molecule has 1 aliphatic heterocycles. The smallest absolute Gasteiger partial charge is 0.264 e. The molecule has 0 atom stereocenters. The molecule has 0 spiro atoms. The van der Waals surface area contributed by atoms with Crippen molar-refractivity contribution in [1.29, 1.82) is 0 Å². The van der Waals surface area contributed by atoms with Crippen LogP contribution in [0.15, 0.2) is 29.6 Å². The second-order valence-electron chi connectivity index (χ2n) is 3.96. The zero-order valence-electron chi connectivity index (χ0n) is 10.2. The highest BCUT2D eigenvalue weighted by atomic mass is 35.5. The lowest BCUT2D eigenvalue weighted by Crippen LogP contribution is -2.30. The molecule has 0 aliphatic carbocycles. The lowest BCUT2D eigenvalue weighted by Gasteiger charge is -1.98. The Morgan fingerprint density at radius 2 is 1.85 bits per heavy atom. The van der Waals surface area contributed by atoms with E-state index in [0.29, 0.717) is 0 Å². The normalized spacial score (nSPS) is 13.2. The first kappa shape index (κ1) is 15.2. The van der Waals surface area contributed by atoms with Gasteiger partial charge < -0.3 is 0 Å². The first-order valence-electron chi connectivity index (χ1n) is 5.55. The highest BCUT2D eigenvalue weighted by Gasteiger charge is 2.23. The fraction of sp³-hybridized carbons (Fsp3) is 0.182. The molecule has 1 aromatic carbocycles. The second kappa shape index (κ2) is 6.06. The summed E-state index contributed by atoms with van der Waals surface area (Å²) >= 11 is 7.63. The summed E-state index contributed by atoms with van der Waals surface area (Å²) in [6, 6.07) is 8.00. The number of nitrogens with one attached hydrogen (secondary N) is 1. The molecule has 1 aromatic heterocycles. The Labute approximate surface area is 125 Å². The first-order valence-corrected chi connectivity index (χ1v) is 8.21. The Balaban J connectivity index is 0.000000257. The van der Waals surface area contributed by atoms with Gasteiger partial charge in [0.15, 0.2) is 0 Å². The largest absolute Gasteiger partial charge is 0.394 e. The van der Waals surface area contributed by atoms with E-state index in [1.807, 2.05) is 12.1 Å². The molecule has 0 saturated carbocycles. The molecule has 3 N–H and O–H groups in total. The van der Waals surface area contributed by atoms with Crippen molar-refractivity contribution in [3.8, 4) is 11.3 Å². The summed E-state index contributed by atoms with van der Waals surface area (Å²) in [7, 11) is -4.67. The monoisotopic (exact) mass is 335 g/mol. The highest BCUT2D eigenvalue weighted by Crippen LogP contribution is 2.25. The fourth-order valence-corrected chi connectivity index (χ4v) is 2.94. The van der Waals surface area contributed by atoms with Crippen molar-refractivity contribution < 1.29 is 22.1 Å². The molecule has 0 unspecified atom stereocenters. The standard InChI is InChI=1S/C11H9ClN2S.H2O4S/c12-9-3-1-8(2-4-9)10-7-15-11-13-5-6-14(10)11;1-5(2,3)4/h1-4,7H,5-6H2;(H2,1,2,3,4)/p+1. The number of thiazole rings is 1. The van der Waals surface area contributed by atoms with E-state index in [4.69, 9.17) is 29.1 Å². The quantitative estimate of drug-likeness (QED) is 0.548. The molecule has 20 heavy (non-hydrogen) atoms. The van der Waals surface area contributed by atoms with Crippen LogP contribution in [-0.2, 0) is 16.9 Å². The molecule has 0 radical (unpaired) electrons. The van der Waals surface area contributed by atoms with Gasteiger partial charge in [-0.2, -0.15) is 8.42 Å². The van der Waals surface area contributed by atoms with E-state index in [2.05, 4.69) is 27.4 Å². The van der Waals surface area contributed by atoms with E-state index in [9.17, 15) is 0 Å². The summed E-state index contributed by atoms with van der Waals surface area (Å²) < 4.78 is 33.9. The van der Waals surface area contributed by atoms with E-state index >= 15 is 0 Å². The molecule has 0 fully saturated rings. The third-order valence-electron chi connectivity index (χ3n) is 2.57. The van der Waals surface area contributed by atoms with E-state index < -0.39 is 10.4 Å². The van der Waals surface area contributed by atoms with Crippen LogP contribution in [0, 0.1) is 0 Å². The van der Waals surface area contributed by atoms with Crippen LogP contribution in [0.25, 0.3) is 11.3 Å². The van der Waals surface area contributed by atoms with Gasteiger partial charge in [-0.3, -0.25) is 14.4 Å². The van der Waals surface area contributed by atoms with Gasteiger partial charge in [0.25, 0.3) is 0 Å². The van der Waals surface area contributed by atoms with E-state index in [1.165, 1.54) is 16.4 Å². The Morgan fingerprint density at radius 3 is 2.45 bits per heavy atom. The average Bonchev–Trinajstić information content (AvgIpc) is 2.90. The Kier molecular flexibility index (Phi) is 4.61. The summed E-state index contributed by atoms with van der Waals surface area (Å²) in [4.78, 5) is 0. The van der Waals surface area contributed by atoms with E-state index in [1.54, 1.807) is 11.3 Å². The van der Waals surface area contributed by atoms with Gasteiger partial charge in [-0.05, 0) is 24.3 Å². The molecule has 0 amide bonds. The predicted octanol–water partition coefficient (Wildman–Crippen LogP) is 2.13. The first-order chi connectivity index (χ1) is 9.34. The van der Waals surface area contributed by atoms with Gasteiger partial charge in [-0.15, -0.1) is 0 Å². The summed E-state index contributed by atoms with van der Waals surface area (Å²) in [6.07, 6.45) is 0. The summed E-state index contributed by atoms with van der Waals surface area (Å²) in [5, 5.41) is 7.58. The number of rotatable bonds is 1. The summed E-state index contributed by atoms with van der Waals surface area (Å²) in [6.45, 7) is 2.09. The lowest BCUT2D eigenvalue weighted by atomic mass is 10.2. The summed E-state index contributed by atoms with van der Waals surface area (Å²) in [5.74, 6) is 0. The highest BCUT2D eigenvalue weighted by molar-refractivity contribution is 7.79. The maximum atomic E-state index is 8.74. The number of hydrogen-bond acceptors (Lipinski definition) is 4. The molecular formula is C11H12ClN2O4S2+. The van der Waals surface area contributed by atoms with Gasteiger partial charge in [0.2, 0.25) is 0 Å². The molecule has 0 saturated heterocycles. The zero-order chi connectivity index (χ0) is 14.8. The molecule has 2 aromatic rings. The van der Waals surface area contributed by atoms with Crippen LogP contribution in [-0.4, -0.2) is 24.1 Å². The number of hydrogen-bond donors (Lipinski definition) is 3. The van der Waals surface area contributed by atoms with Crippen LogP contribution in [0.2, 0.25) is 5.02 Å². The summed E-state index contributed by atoms with van der Waals surface area (Å²) in [5.41, 5.74) is 2.50. The average molecular weight is 336 g/mol. The topological polar surface area (TPSA) is 90.5 Å². The fourth-order valence-electron chi connectivity index (χ4n) is 1.83. The number of benzene rings is 1. The Hall–Kier alpha value is -1.19. The second-order valence-corrected chi connectivity index (χ2v) is 6.15. The molecule has 3 rings (SSSR count). The van der Waals surface area contributed by atoms with Crippen LogP contribution in [0.4, 0.5) is 5.13 Å². The minimum atomic E-state index is -4.67. The number of fused-ring (bicyclic) bond motifs is 1. The number of aromatic nitrogens is 1. The zero-order valence-corrected chi connectivity index (χ0v) is 12.5. The van der Waals surface area contributed by atoms with Gasteiger partial charge in [0.1, 0.15) is 18.8 Å². The minimum Gasteiger partial charge on any atom is -0.264 e. The van der Waals surface area contributed by atoms with Crippen LogP contribution in [0.1, 0.15) is 0 Å². The third-order valence-corrected chi connectivity index (χ3v) is 3.75. The Bertz CT molecular complexity index is 690. The molecule has 108 valence electrons. The van der Waals surface area contributed by atoms with Crippen molar-refractivity contribution in [2.75, 3.05) is 11.9 Å². The maximum absolute atomic E-state index is 8.74. The molecule has 9 heteroatoms. The maximum Gasteiger partial charge on any atom is 0.394 e. The van der Waals surface area contributed by atoms with Crippen molar-refractivity contribution in [3.05, 3.63) is 34.7 Å². The van der Waals surface area contributed by atoms with Crippen LogP contribution in [0.5, 0.6) is 0 Å². The lowest BCUT2D eigenvalue weighted by molar-refractivity contribution is -0.655. The van der Waals surface area contributed by atoms with Crippen molar-refractivity contribution >= 4 is 38.5 Å². The minimum absolute atomic E-state index is 0.786. The number of anilines is 1. The van der Waals surface area contributed by atoms with Crippen LogP contribution >= 0.6 is 22.9 Å². The van der Waals surface area contributed by atoms with Gasteiger partial charge >= 0.3 is 15.5 Å². The van der Waals surface area contributed by atoms with Crippen molar-refractivity contribution in [1.82, 2.24) is 0 Å². The van der Waals surface area contributed by atoms with Gasteiger partial charge in [-0.25, -0.2) is 4.57 Å². The van der Waals surface area contributed by atoms with Crippen molar-refractivity contribution in [3.63, 3.8) is 0 Å². The molecular weight excluding hydrogens is 324 g/mol. The third kappa shape index (κ3) is 4.15. The van der Waals surface area contributed by atoms with E-state index in [-0.39, 0.29) is 0 Å². The Morgan fingerprint density at radius 1 is 1.25 bits per heavy atom. The number of nitrogens with zero attached hydrogens (tertiary/aromatic N) is 1. The molecule has 2 heterocycles. The molecule has 1 aliphatic rings. The van der Waals surface area contributed by atoms with Crippen molar-refractivity contribution in [2.45, 2.75) is 6.54 Å². The SMILES string of the molecule is Clc1ccc(-c2csc3[n+]2CCN3)cc1.O=S(=O)(O)O. The molecule has 6 nitrogen and oxygen atoms in total. The van der Waals surface area contributed by atoms with Crippen molar-refractivity contribution in [2.24, 2.45) is 0 Å². The van der Waals surface area contributed by atoms with Gasteiger partial charge in [0.05, 0.1) is 0 Å². The van der Waals surface area contributed by atoms with Gasteiger partial charge in [0, 0.05) is 16.0 Å². The van der Waals surface area contributed by atoms with E-state index in [0.717, 1.165) is 18.1 Å². The number of halogens is 1. The molecule has 0 bridgehead atoms.